The maximum Gasteiger partial charge on any atom is 0.303 e. The van der Waals surface area contributed by atoms with Crippen LogP contribution in [0.2, 0.25) is 0 Å². The molecule has 0 spiro atoms. The molecule has 27 heavy (non-hydrogen) atoms. The molecule has 1 aromatic carbocycles. The standard InChI is InChI=1S/C22H24O5/c1-27-21-16-14-18(15-17-21)8-6-11-19(23)9-4-2-3-5-10-20(24)12-7-13-22(25)26/h2-4,9,14-17,19-20,23-24H,7,11-13H2,1H3,(H,25,26)/b3-2+,9-4+/t19-,20+/m0/s1. The molecule has 0 radical (unpaired) electrons. The van der Waals surface area contributed by atoms with Gasteiger partial charge in [0.25, 0.3) is 0 Å². The fourth-order valence-electron chi connectivity index (χ4n) is 1.96. The van der Waals surface area contributed by atoms with E-state index in [0.717, 1.165) is 11.3 Å². The molecule has 5 nitrogen and oxygen atoms in total. The highest BCUT2D eigenvalue weighted by atomic mass is 16.5. The summed E-state index contributed by atoms with van der Waals surface area (Å²) in [6, 6.07) is 7.36. The largest absolute Gasteiger partial charge is 0.497 e. The lowest BCUT2D eigenvalue weighted by atomic mass is 10.1. The van der Waals surface area contributed by atoms with E-state index in [1.807, 2.05) is 24.3 Å². The molecule has 2 atom stereocenters. The predicted octanol–water partition coefficient (Wildman–Crippen LogP) is 2.53. The van der Waals surface area contributed by atoms with Crippen molar-refractivity contribution >= 4 is 5.97 Å². The number of aliphatic hydroxyl groups is 2. The van der Waals surface area contributed by atoms with Gasteiger partial charge >= 0.3 is 5.97 Å². The number of carboxylic acids is 1. The van der Waals surface area contributed by atoms with E-state index in [1.54, 1.807) is 31.4 Å². The minimum Gasteiger partial charge on any atom is -0.497 e. The molecule has 1 rings (SSSR count). The second-order valence-corrected chi connectivity index (χ2v) is 5.64. The lowest BCUT2D eigenvalue weighted by Crippen LogP contribution is -2.04. The molecule has 3 N–H and O–H groups in total. The zero-order valence-corrected chi connectivity index (χ0v) is 15.3. The molecule has 0 unspecified atom stereocenters. The predicted molar refractivity (Wildman–Crippen MR) is 104 cm³/mol. The molecule has 0 aliphatic rings. The fourth-order valence-corrected chi connectivity index (χ4v) is 1.96. The summed E-state index contributed by atoms with van der Waals surface area (Å²) in [5.74, 6) is 11.0. The Labute approximate surface area is 160 Å². The van der Waals surface area contributed by atoms with Gasteiger partial charge in [-0.05, 0) is 43.2 Å². The molecule has 0 heterocycles. The van der Waals surface area contributed by atoms with Gasteiger partial charge in [0.05, 0.1) is 13.2 Å². The molecule has 1 aromatic rings. The first-order valence-corrected chi connectivity index (χ1v) is 8.56. The molecule has 0 saturated heterocycles. The van der Waals surface area contributed by atoms with Crippen LogP contribution in [0.1, 0.15) is 31.2 Å². The zero-order valence-electron chi connectivity index (χ0n) is 15.3. The topological polar surface area (TPSA) is 87.0 Å². The first kappa shape index (κ1) is 22.1. The first-order chi connectivity index (χ1) is 13.0. The minimum atomic E-state index is -0.882. The van der Waals surface area contributed by atoms with Crippen molar-refractivity contribution in [3.63, 3.8) is 0 Å². The first-order valence-electron chi connectivity index (χ1n) is 8.56. The van der Waals surface area contributed by atoms with Gasteiger partial charge in [-0.25, -0.2) is 0 Å². The van der Waals surface area contributed by atoms with Crippen LogP contribution in [0.5, 0.6) is 5.75 Å². The van der Waals surface area contributed by atoms with Crippen molar-refractivity contribution in [2.75, 3.05) is 7.11 Å². The van der Waals surface area contributed by atoms with Crippen LogP contribution in [0.25, 0.3) is 0 Å². The van der Waals surface area contributed by atoms with Gasteiger partial charge < -0.3 is 20.1 Å². The monoisotopic (exact) mass is 368 g/mol. The summed E-state index contributed by atoms with van der Waals surface area (Å²) < 4.78 is 5.07. The number of hydrogen-bond acceptors (Lipinski definition) is 4. The van der Waals surface area contributed by atoms with Gasteiger partial charge in [0, 0.05) is 18.4 Å². The second-order valence-electron chi connectivity index (χ2n) is 5.64. The Balaban J connectivity index is 2.32. The van der Waals surface area contributed by atoms with Crippen molar-refractivity contribution in [1.29, 1.82) is 0 Å². The van der Waals surface area contributed by atoms with Crippen LogP contribution in [-0.2, 0) is 4.79 Å². The van der Waals surface area contributed by atoms with Crippen LogP contribution < -0.4 is 4.74 Å². The Morgan fingerprint density at radius 3 is 2.63 bits per heavy atom. The van der Waals surface area contributed by atoms with Crippen LogP contribution in [0.3, 0.4) is 0 Å². The Hall–Kier alpha value is -2.99. The molecular formula is C22H24O5. The Morgan fingerprint density at radius 2 is 1.96 bits per heavy atom. The number of rotatable bonds is 8. The molecule has 0 amide bonds. The van der Waals surface area contributed by atoms with Crippen molar-refractivity contribution in [2.24, 2.45) is 0 Å². The lowest BCUT2D eigenvalue weighted by Gasteiger charge is -1.99. The highest BCUT2D eigenvalue weighted by Gasteiger charge is 2.01. The van der Waals surface area contributed by atoms with E-state index in [1.165, 1.54) is 0 Å². The number of hydrogen-bond donors (Lipinski definition) is 3. The number of carbonyl (C=O) groups is 1. The average Bonchev–Trinajstić information content (AvgIpc) is 2.64. The molecule has 0 fully saturated rings. The number of methoxy groups -OCH3 is 1. The average molecular weight is 368 g/mol. The summed E-state index contributed by atoms with van der Waals surface area (Å²) in [5, 5.41) is 27.9. The van der Waals surface area contributed by atoms with Crippen molar-refractivity contribution in [2.45, 2.75) is 37.9 Å². The van der Waals surface area contributed by atoms with Crippen LogP contribution in [0.4, 0.5) is 0 Å². The van der Waals surface area contributed by atoms with E-state index < -0.39 is 18.2 Å². The normalized spacial score (nSPS) is 12.7. The third-order valence-corrected chi connectivity index (χ3v) is 3.38. The number of carboxylic acid groups (broad SMARTS) is 1. The molecule has 0 aliphatic heterocycles. The minimum absolute atomic E-state index is 0.0244. The number of aliphatic carboxylic acids is 1. The second kappa shape index (κ2) is 13.2. The molecule has 0 saturated carbocycles. The molecule has 0 aliphatic carbocycles. The number of allylic oxidation sites excluding steroid dienone is 3. The van der Waals surface area contributed by atoms with E-state index in [9.17, 15) is 15.0 Å². The van der Waals surface area contributed by atoms with Crippen molar-refractivity contribution < 1.29 is 24.9 Å². The number of ether oxygens (including phenoxy) is 1. The lowest BCUT2D eigenvalue weighted by molar-refractivity contribution is -0.137. The maximum absolute atomic E-state index is 10.4. The highest BCUT2D eigenvalue weighted by Crippen LogP contribution is 2.10. The van der Waals surface area contributed by atoms with Gasteiger partial charge in [0.2, 0.25) is 0 Å². The van der Waals surface area contributed by atoms with Gasteiger partial charge in [-0.15, -0.1) is 0 Å². The van der Waals surface area contributed by atoms with Crippen LogP contribution in [0, 0.1) is 23.7 Å². The van der Waals surface area contributed by atoms with E-state index in [2.05, 4.69) is 23.7 Å². The van der Waals surface area contributed by atoms with E-state index in [0.29, 0.717) is 19.3 Å². The number of aliphatic hydroxyl groups excluding tert-OH is 2. The summed E-state index contributed by atoms with van der Waals surface area (Å²) in [6.07, 6.45) is 5.99. The van der Waals surface area contributed by atoms with Crippen LogP contribution in [-0.4, -0.2) is 40.6 Å². The molecule has 142 valence electrons. The summed E-state index contributed by atoms with van der Waals surface area (Å²) in [5.41, 5.74) is 0.851. The summed E-state index contributed by atoms with van der Waals surface area (Å²) in [7, 11) is 1.61. The van der Waals surface area contributed by atoms with Crippen LogP contribution in [0.15, 0.2) is 48.6 Å². The Bertz CT molecular complexity index is 754. The van der Waals surface area contributed by atoms with Crippen LogP contribution >= 0.6 is 0 Å². The molecule has 0 aromatic heterocycles. The fraction of sp³-hybridized carbons (Fsp3) is 0.318. The van der Waals surface area contributed by atoms with Crippen molar-refractivity contribution in [3.8, 4) is 29.4 Å². The summed E-state index contributed by atoms with van der Waals surface area (Å²) in [6.45, 7) is 0. The van der Waals surface area contributed by atoms with Gasteiger partial charge in [-0.3, -0.25) is 4.79 Å². The molecule has 0 bridgehead atoms. The molecule has 5 heteroatoms. The van der Waals surface area contributed by atoms with Gasteiger partial charge in [-0.2, -0.15) is 0 Å². The zero-order chi connectivity index (χ0) is 19.9. The number of benzene rings is 1. The van der Waals surface area contributed by atoms with E-state index in [-0.39, 0.29) is 6.42 Å². The Morgan fingerprint density at radius 1 is 1.22 bits per heavy atom. The van der Waals surface area contributed by atoms with Gasteiger partial charge in [-0.1, -0.05) is 41.9 Å². The van der Waals surface area contributed by atoms with Gasteiger partial charge in [0.15, 0.2) is 0 Å². The van der Waals surface area contributed by atoms with Crippen molar-refractivity contribution in [3.05, 3.63) is 54.1 Å². The summed E-state index contributed by atoms with van der Waals surface area (Å²) >= 11 is 0. The Kier molecular flexibility index (Phi) is 10.8. The smallest absolute Gasteiger partial charge is 0.303 e. The van der Waals surface area contributed by atoms with E-state index in [4.69, 9.17) is 9.84 Å². The third kappa shape index (κ3) is 11.3. The maximum atomic E-state index is 10.4. The van der Waals surface area contributed by atoms with Gasteiger partial charge in [0.1, 0.15) is 11.9 Å². The SMILES string of the molecule is COc1ccc(C#CC[C@@H](O)/C=C/C=C/C#C[C@@H](O)CCCC(=O)O)cc1. The van der Waals surface area contributed by atoms with Crippen molar-refractivity contribution in [1.82, 2.24) is 0 Å². The third-order valence-electron chi connectivity index (χ3n) is 3.38. The van der Waals surface area contributed by atoms with E-state index >= 15 is 0 Å². The summed E-state index contributed by atoms with van der Waals surface area (Å²) in [4.78, 5) is 10.4. The highest BCUT2D eigenvalue weighted by molar-refractivity contribution is 5.66. The quantitative estimate of drug-likeness (QED) is 0.485. The molecular weight excluding hydrogens is 344 g/mol.